The topological polar surface area (TPSA) is 69.6 Å². The summed E-state index contributed by atoms with van der Waals surface area (Å²) < 4.78 is 7.30. The molecule has 2 heterocycles. The van der Waals surface area contributed by atoms with Gasteiger partial charge in [0.2, 0.25) is 5.89 Å². The minimum Gasteiger partial charge on any atom is -0.338 e. The van der Waals surface area contributed by atoms with Crippen LogP contribution in [0.15, 0.2) is 34.2 Å². The van der Waals surface area contributed by atoms with Gasteiger partial charge in [-0.15, -0.1) is 10.2 Å². The molecule has 0 N–H and O–H groups in total. The van der Waals surface area contributed by atoms with Crippen molar-refractivity contribution in [3.63, 3.8) is 0 Å². The molecule has 0 amide bonds. The van der Waals surface area contributed by atoms with E-state index < -0.39 is 0 Å². The normalized spacial score (nSPS) is 11.4. The van der Waals surface area contributed by atoms with Gasteiger partial charge in [-0.2, -0.15) is 4.98 Å². The van der Waals surface area contributed by atoms with E-state index in [1.54, 1.807) is 6.33 Å². The van der Waals surface area contributed by atoms with E-state index in [1.165, 1.54) is 22.9 Å². The lowest BCUT2D eigenvalue weighted by Crippen LogP contribution is -1.99. The zero-order valence-electron chi connectivity index (χ0n) is 14.4. The number of thioether (sulfide) groups is 1. The number of aryl methyl sites for hydroxylation is 2. The van der Waals surface area contributed by atoms with Crippen LogP contribution in [-0.4, -0.2) is 24.9 Å². The third kappa shape index (κ3) is 3.84. The molecule has 0 unspecified atom stereocenters. The highest BCUT2D eigenvalue weighted by molar-refractivity contribution is 7.98. The van der Waals surface area contributed by atoms with Crippen LogP contribution >= 0.6 is 11.8 Å². The summed E-state index contributed by atoms with van der Waals surface area (Å²) in [6.07, 6.45) is 2.56. The molecule has 0 spiro atoms. The second-order valence-electron chi connectivity index (χ2n) is 6.26. The first-order chi connectivity index (χ1) is 11.5. The second kappa shape index (κ2) is 7.17. The molecule has 0 fully saturated rings. The maximum Gasteiger partial charge on any atom is 0.237 e. The van der Waals surface area contributed by atoms with E-state index in [0.29, 0.717) is 17.6 Å². The molecule has 0 aliphatic rings. The minimum absolute atomic E-state index is 0.510. The maximum absolute atomic E-state index is 5.31. The van der Waals surface area contributed by atoms with Crippen LogP contribution in [0.2, 0.25) is 0 Å². The Morgan fingerprint density at radius 2 is 2.08 bits per heavy atom. The maximum atomic E-state index is 5.31. The van der Waals surface area contributed by atoms with Crippen LogP contribution in [0.4, 0.5) is 0 Å². The fourth-order valence-corrected chi connectivity index (χ4v) is 3.25. The summed E-state index contributed by atoms with van der Waals surface area (Å²) in [7, 11) is 0. The lowest BCUT2D eigenvalue weighted by molar-refractivity contribution is 0.382. The van der Waals surface area contributed by atoms with Gasteiger partial charge in [0.1, 0.15) is 6.33 Å². The molecule has 7 heteroatoms. The van der Waals surface area contributed by atoms with E-state index in [2.05, 4.69) is 66.2 Å². The van der Waals surface area contributed by atoms with Gasteiger partial charge >= 0.3 is 0 Å². The lowest BCUT2D eigenvalue weighted by Gasteiger charge is -2.09. The van der Waals surface area contributed by atoms with Gasteiger partial charge in [0.25, 0.3) is 0 Å². The summed E-state index contributed by atoms with van der Waals surface area (Å²) in [5.74, 6) is 2.47. The Balaban J connectivity index is 1.73. The van der Waals surface area contributed by atoms with Crippen molar-refractivity contribution in [3.8, 4) is 5.69 Å². The Hall–Kier alpha value is -2.15. The fourth-order valence-electron chi connectivity index (χ4n) is 2.49. The SMILES string of the molecule is Cc1ccc(-n2cnnc2SCc2nc(CC(C)C)no2)c(C)c1. The monoisotopic (exact) mass is 343 g/mol. The predicted molar refractivity (Wildman–Crippen MR) is 93.2 cm³/mol. The Bertz CT molecular complexity index is 824. The first kappa shape index (κ1) is 16.7. The first-order valence-corrected chi connectivity index (χ1v) is 8.93. The molecule has 3 rings (SSSR count). The smallest absolute Gasteiger partial charge is 0.237 e. The Morgan fingerprint density at radius 1 is 1.25 bits per heavy atom. The summed E-state index contributed by atoms with van der Waals surface area (Å²) in [6.45, 7) is 8.45. The van der Waals surface area contributed by atoms with Crippen molar-refractivity contribution in [1.29, 1.82) is 0 Å². The highest BCUT2D eigenvalue weighted by Crippen LogP contribution is 2.25. The van der Waals surface area contributed by atoms with Crippen LogP contribution in [0.1, 0.15) is 36.7 Å². The first-order valence-electron chi connectivity index (χ1n) is 7.95. The van der Waals surface area contributed by atoms with Crippen molar-refractivity contribution in [3.05, 3.63) is 47.4 Å². The van der Waals surface area contributed by atoms with Gasteiger partial charge < -0.3 is 4.52 Å². The highest BCUT2D eigenvalue weighted by Gasteiger charge is 2.13. The number of nitrogens with zero attached hydrogens (tertiary/aromatic N) is 5. The second-order valence-corrected chi connectivity index (χ2v) is 7.21. The van der Waals surface area contributed by atoms with Crippen molar-refractivity contribution in [1.82, 2.24) is 24.9 Å². The third-order valence-electron chi connectivity index (χ3n) is 3.55. The van der Waals surface area contributed by atoms with E-state index in [0.717, 1.165) is 23.1 Å². The average molecular weight is 343 g/mol. The summed E-state index contributed by atoms with van der Waals surface area (Å²) in [5, 5.41) is 13.1. The number of benzene rings is 1. The van der Waals surface area contributed by atoms with E-state index in [1.807, 2.05) is 4.57 Å². The van der Waals surface area contributed by atoms with Crippen LogP contribution in [0.3, 0.4) is 0 Å². The number of aromatic nitrogens is 5. The predicted octanol–water partition coefficient (Wildman–Crippen LogP) is 3.76. The molecule has 126 valence electrons. The van der Waals surface area contributed by atoms with Crippen LogP contribution in [0, 0.1) is 19.8 Å². The van der Waals surface area contributed by atoms with Crippen LogP contribution < -0.4 is 0 Å². The molecule has 0 saturated heterocycles. The molecule has 0 radical (unpaired) electrons. The van der Waals surface area contributed by atoms with Gasteiger partial charge in [-0.25, -0.2) is 0 Å². The summed E-state index contributed by atoms with van der Waals surface area (Å²) in [5.41, 5.74) is 3.51. The fraction of sp³-hybridized carbons (Fsp3) is 0.412. The molecule has 24 heavy (non-hydrogen) atoms. The van der Waals surface area contributed by atoms with E-state index >= 15 is 0 Å². The van der Waals surface area contributed by atoms with Crippen LogP contribution in [0.25, 0.3) is 5.69 Å². The van der Waals surface area contributed by atoms with Crippen molar-refractivity contribution in [2.45, 2.75) is 45.0 Å². The third-order valence-corrected chi connectivity index (χ3v) is 4.48. The summed E-state index contributed by atoms with van der Waals surface area (Å²) >= 11 is 1.54. The quantitative estimate of drug-likeness (QED) is 0.635. The Morgan fingerprint density at radius 3 is 2.83 bits per heavy atom. The van der Waals surface area contributed by atoms with Crippen molar-refractivity contribution < 1.29 is 4.52 Å². The van der Waals surface area contributed by atoms with Gasteiger partial charge in [0, 0.05) is 6.42 Å². The van der Waals surface area contributed by atoms with E-state index in [9.17, 15) is 0 Å². The zero-order valence-corrected chi connectivity index (χ0v) is 15.2. The van der Waals surface area contributed by atoms with Crippen molar-refractivity contribution >= 4 is 11.8 Å². The molecule has 0 atom stereocenters. The van der Waals surface area contributed by atoms with E-state index in [4.69, 9.17) is 4.52 Å². The largest absolute Gasteiger partial charge is 0.338 e. The van der Waals surface area contributed by atoms with Gasteiger partial charge in [-0.1, -0.05) is 48.5 Å². The molecule has 0 aliphatic carbocycles. The molecular formula is C17H21N5OS. The zero-order chi connectivity index (χ0) is 17.1. The van der Waals surface area contributed by atoms with Crippen molar-refractivity contribution in [2.75, 3.05) is 0 Å². The molecule has 1 aromatic carbocycles. The molecule has 0 bridgehead atoms. The highest BCUT2D eigenvalue weighted by atomic mass is 32.2. The molecule has 0 saturated carbocycles. The van der Waals surface area contributed by atoms with Gasteiger partial charge in [-0.3, -0.25) is 4.57 Å². The van der Waals surface area contributed by atoms with Crippen molar-refractivity contribution in [2.24, 2.45) is 5.92 Å². The number of hydrogen-bond donors (Lipinski definition) is 0. The average Bonchev–Trinajstić information content (AvgIpc) is 3.14. The van der Waals surface area contributed by atoms with Crippen LogP contribution in [0.5, 0.6) is 0 Å². The molecule has 3 aromatic rings. The summed E-state index contributed by atoms with van der Waals surface area (Å²) in [4.78, 5) is 4.43. The molecule has 0 aliphatic heterocycles. The standard InChI is InChI=1S/C17H21N5OS/c1-11(2)7-15-19-16(23-21-15)9-24-17-20-18-10-22(17)14-6-5-12(3)8-13(14)4/h5-6,8,10-11H,7,9H2,1-4H3. The Kier molecular flexibility index (Phi) is 4.99. The number of hydrogen-bond acceptors (Lipinski definition) is 6. The van der Waals surface area contributed by atoms with E-state index in [-0.39, 0.29) is 0 Å². The summed E-state index contributed by atoms with van der Waals surface area (Å²) in [6, 6.07) is 6.33. The van der Waals surface area contributed by atoms with Gasteiger partial charge in [0.15, 0.2) is 11.0 Å². The lowest BCUT2D eigenvalue weighted by atomic mass is 10.1. The molecular weight excluding hydrogens is 322 g/mol. The molecule has 2 aromatic heterocycles. The molecule has 6 nitrogen and oxygen atoms in total. The van der Waals surface area contributed by atoms with Crippen LogP contribution in [-0.2, 0) is 12.2 Å². The Labute approximate surface area is 145 Å². The van der Waals surface area contributed by atoms with Gasteiger partial charge in [-0.05, 0) is 31.4 Å². The number of rotatable bonds is 6. The van der Waals surface area contributed by atoms with Gasteiger partial charge in [0.05, 0.1) is 11.4 Å². The minimum atomic E-state index is 0.510.